The van der Waals surface area contributed by atoms with Crippen LogP contribution in [0.25, 0.3) is 0 Å². The molecule has 2 heteroatoms. The molecule has 0 amide bonds. The highest BCUT2D eigenvalue weighted by molar-refractivity contribution is 5.90. The fraction of sp³-hybridized carbons (Fsp3) is 0.750. The van der Waals surface area contributed by atoms with Gasteiger partial charge in [-0.25, -0.2) is 4.79 Å². The summed E-state index contributed by atoms with van der Waals surface area (Å²) in [6, 6.07) is 0. The molecule has 0 aromatic heterocycles. The summed E-state index contributed by atoms with van der Waals surface area (Å²) in [6.07, 6.45) is 9.59. The van der Waals surface area contributed by atoms with Crippen LogP contribution in [-0.2, 0) is 9.53 Å². The van der Waals surface area contributed by atoms with Gasteiger partial charge in [0.2, 0.25) is 0 Å². The number of carbonyl (C=O) groups is 1. The summed E-state index contributed by atoms with van der Waals surface area (Å²) in [5.74, 6) is 0.555. The van der Waals surface area contributed by atoms with E-state index in [-0.39, 0.29) is 12.1 Å². The molecule has 0 spiro atoms. The molecular weight excluding hydrogens is 176 g/mol. The number of hydrogen-bond acceptors (Lipinski definition) is 2. The summed E-state index contributed by atoms with van der Waals surface area (Å²) >= 11 is 0. The molecule has 1 atom stereocenters. The standard InChI is InChI=1S/C12H18O2/c1-9-7-11(12(13)14-9)8-10-5-3-2-4-6-10/h8-10H,2-7H2,1H3/b11-8-. The second kappa shape index (κ2) is 4.16. The third kappa shape index (κ3) is 2.17. The van der Waals surface area contributed by atoms with Gasteiger partial charge in [0.1, 0.15) is 6.10 Å². The normalized spacial score (nSPS) is 32.2. The van der Waals surface area contributed by atoms with Crippen molar-refractivity contribution in [1.29, 1.82) is 0 Å². The zero-order valence-corrected chi connectivity index (χ0v) is 8.79. The Kier molecular flexibility index (Phi) is 2.90. The van der Waals surface area contributed by atoms with E-state index in [9.17, 15) is 4.79 Å². The van der Waals surface area contributed by atoms with E-state index in [1.807, 2.05) is 6.92 Å². The Labute approximate surface area is 85.3 Å². The van der Waals surface area contributed by atoms with Crippen LogP contribution in [0.4, 0.5) is 0 Å². The van der Waals surface area contributed by atoms with Crippen molar-refractivity contribution >= 4 is 5.97 Å². The van der Waals surface area contributed by atoms with Gasteiger partial charge < -0.3 is 4.74 Å². The highest BCUT2D eigenvalue weighted by Gasteiger charge is 2.26. The summed E-state index contributed by atoms with van der Waals surface area (Å²) in [7, 11) is 0. The average Bonchev–Trinajstić information content (AvgIpc) is 2.47. The number of ether oxygens (including phenoxy) is 1. The van der Waals surface area contributed by atoms with Gasteiger partial charge >= 0.3 is 5.97 Å². The molecule has 14 heavy (non-hydrogen) atoms. The topological polar surface area (TPSA) is 26.3 Å². The third-order valence-electron chi connectivity index (χ3n) is 3.16. The van der Waals surface area contributed by atoms with E-state index < -0.39 is 0 Å². The average molecular weight is 194 g/mol. The summed E-state index contributed by atoms with van der Waals surface area (Å²) in [6.45, 7) is 1.96. The lowest BCUT2D eigenvalue weighted by molar-refractivity contribution is -0.138. The number of cyclic esters (lactones) is 1. The van der Waals surface area contributed by atoms with Crippen molar-refractivity contribution in [3.8, 4) is 0 Å². The maximum absolute atomic E-state index is 11.4. The van der Waals surface area contributed by atoms with Crippen LogP contribution in [0.3, 0.4) is 0 Å². The Morgan fingerprint density at radius 1 is 1.29 bits per heavy atom. The third-order valence-corrected chi connectivity index (χ3v) is 3.16. The van der Waals surface area contributed by atoms with Crippen LogP contribution in [-0.4, -0.2) is 12.1 Å². The van der Waals surface area contributed by atoms with Crippen LogP contribution in [0.5, 0.6) is 0 Å². The monoisotopic (exact) mass is 194 g/mol. The minimum absolute atomic E-state index is 0.0805. The molecular formula is C12H18O2. The van der Waals surface area contributed by atoms with Gasteiger partial charge in [-0.2, -0.15) is 0 Å². The van der Waals surface area contributed by atoms with E-state index in [1.54, 1.807) is 0 Å². The quantitative estimate of drug-likeness (QED) is 0.474. The van der Waals surface area contributed by atoms with Crippen LogP contribution in [0.1, 0.15) is 45.4 Å². The van der Waals surface area contributed by atoms with E-state index >= 15 is 0 Å². The van der Waals surface area contributed by atoms with Crippen molar-refractivity contribution in [1.82, 2.24) is 0 Å². The fourth-order valence-electron chi connectivity index (χ4n) is 2.41. The highest BCUT2D eigenvalue weighted by Crippen LogP contribution is 2.29. The summed E-state index contributed by atoms with van der Waals surface area (Å²) in [5, 5.41) is 0. The zero-order valence-electron chi connectivity index (χ0n) is 8.79. The second-order valence-electron chi connectivity index (χ2n) is 4.51. The highest BCUT2D eigenvalue weighted by atomic mass is 16.5. The molecule has 2 aliphatic rings. The van der Waals surface area contributed by atoms with Gasteiger partial charge in [-0.15, -0.1) is 0 Å². The van der Waals surface area contributed by atoms with Crippen molar-refractivity contribution < 1.29 is 9.53 Å². The molecule has 1 saturated heterocycles. The first-order valence-electron chi connectivity index (χ1n) is 5.67. The van der Waals surface area contributed by atoms with Gasteiger partial charge in [0.25, 0.3) is 0 Å². The Morgan fingerprint density at radius 2 is 2.00 bits per heavy atom. The molecule has 0 aromatic rings. The second-order valence-corrected chi connectivity index (χ2v) is 4.51. The van der Waals surface area contributed by atoms with Gasteiger partial charge in [0.15, 0.2) is 0 Å². The van der Waals surface area contributed by atoms with Gasteiger partial charge in [-0.3, -0.25) is 0 Å². The molecule has 0 N–H and O–H groups in total. The van der Waals surface area contributed by atoms with Gasteiger partial charge in [0.05, 0.1) is 0 Å². The van der Waals surface area contributed by atoms with Crippen molar-refractivity contribution in [2.45, 2.75) is 51.6 Å². The lowest BCUT2D eigenvalue weighted by Gasteiger charge is -2.18. The largest absolute Gasteiger partial charge is 0.459 e. The van der Waals surface area contributed by atoms with Crippen LogP contribution in [0, 0.1) is 5.92 Å². The lowest BCUT2D eigenvalue weighted by atomic mass is 9.87. The SMILES string of the molecule is CC1C/C(=C/C2CCCCC2)C(=O)O1. The number of rotatable bonds is 1. The predicted molar refractivity (Wildman–Crippen MR) is 54.8 cm³/mol. The molecule has 0 aromatic carbocycles. The first kappa shape index (κ1) is 9.75. The van der Waals surface area contributed by atoms with E-state index in [0.717, 1.165) is 12.0 Å². The Bertz CT molecular complexity index is 249. The molecule has 1 unspecified atom stereocenters. The smallest absolute Gasteiger partial charge is 0.334 e. The van der Waals surface area contributed by atoms with E-state index in [4.69, 9.17) is 4.74 Å². The van der Waals surface area contributed by atoms with E-state index in [2.05, 4.69) is 6.08 Å². The first-order valence-corrected chi connectivity index (χ1v) is 5.67. The van der Waals surface area contributed by atoms with Gasteiger partial charge in [-0.1, -0.05) is 25.3 Å². The molecule has 1 aliphatic heterocycles. The molecule has 1 aliphatic carbocycles. The molecule has 1 saturated carbocycles. The summed E-state index contributed by atoms with van der Waals surface area (Å²) in [4.78, 5) is 11.4. The van der Waals surface area contributed by atoms with Gasteiger partial charge in [-0.05, 0) is 25.7 Å². The van der Waals surface area contributed by atoms with E-state index in [0.29, 0.717) is 5.92 Å². The molecule has 0 bridgehead atoms. The molecule has 2 fully saturated rings. The Morgan fingerprint density at radius 3 is 2.57 bits per heavy atom. The van der Waals surface area contributed by atoms with Crippen LogP contribution >= 0.6 is 0 Å². The predicted octanol–water partition coefficient (Wildman–Crippen LogP) is 2.83. The molecule has 1 heterocycles. The maximum atomic E-state index is 11.4. The Balaban J connectivity index is 1.98. The number of esters is 1. The van der Waals surface area contributed by atoms with Crippen molar-refractivity contribution in [2.75, 3.05) is 0 Å². The maximum Gasteiger partial charge on any atom is 0.334 e. The summed E-state index contributed by atoms with van der Waals surface area (Å²) < 4.78 is 5.11. The fourth-order valence-corrected chi connectivity index (χ4v) is 2.41. The van der Waals surface area contributed by atoms with Crippen LogP contribution < -0.4 is 0 Å². The van der Waals surface area contributed by atoms with Gasteiger partial charge in [0, 0.05) is 12.0 Å². The van der Waals surface area contributed by atoms with Crippen molar-refractivity contribution in [2.24, 2.45) is 5.92 Å². The minimum atomic E-state index is -0.0805. The number of hydrogen-bond donors (Lipinski definition) is 0. The van der Waals surface area contributed by atoms with Crippen LogP contribution in [0.2, 0.25) is 0 Å². The van der Waals surface area contributed by atoms with Crippen molar-refractivity contribution in [3.05, 3.63) is 11.6 Å². The first-order chi connectivity index (χ1) is 6.75. The zero-order chi connectivity index (χ0) is 9.97. The lowest BCUT2D eigenvalue weighted by Crippen LogP contribution is -2.05. The number of allylic oxidation sites excluding steroid dienone is 1. The molecule has 78 valence electrons. The molecule has 2 nitrogen and oxygen atoms in total. The minimum Gasteiger partial charge on any atom is -0.459 e. The van der Waals surface area contributed by atoms with Crippen LogP contribution in [0.15, 0.2) is 11.6 Å². The molecule has 2 rings (SSSR count). The number of carbonyl (C=O) groups excluding carboxylic acids is 1. The summed E-state index contributed by atoms with van der Waals surface area (Å²) in [5.41, 5.74) is 0.921. The van der Waals surface area contributed by atoms with Crippen molar-refractivity contribution in [3.63, 3.8) is 0 Å². The van der Waals surface area contributed by atoms with E-state index in [1.165, 1.54) is 32.1 Å². The molecule has 0 radical (unpaired) electrons. The Hall–Kier alpha value is -0.790.